The van der Waals surface area contributed by atoms with Gasteiger partial charge in [-0.2, -0.15) is 10.2 Å². The molecule has 122 valence electrons. The molecule has 0 amide bonds. The molecule has 3 aromatic rings. The number of ketones is 1. The number of hydrogen-bond acceptors (Lipinski definition) is 6. The number of ether oxygens (including phenoxy) is 1. The number of H-pyrrole nitrogens is 2. The summed E-state index contributed by atoms with van der Waals surface area (Å²) in [6.45, 7) is 0. The van der Waals surface area contributed by atoms with Gasteiger partial charge >= 0.3 is 0 Å². The van der Waals surface area contributed by atoms with Crippen LogP contribution < -0.4 is 4.74 Å². The van der Waals surface area contributed by atoms with Crippen molar-refractivity contribution in [3.05, 3.63) is 65.5 Å². The summed E-state index contributed by atoms with van der Waals surface area (Å²) in [4.78, 5) is 15.7. The molecule has 3 N–H and O–H groups in total. The molecule has 0 aliphatic heterocycles. The van der Waals surface area contributed by atoms with E-state index in [1.807, 2.05) is 24.3 Å². The Hall–Kier alpha value is -3.42. The van der Waals surface area contributed by atoms with Crippen molar-refractivity contribution in [3.63, 3.8) is 0 Å². The molecule has 8 heteroatoms. The second kappa shape index (κ2) is 6.78. The maximum absolute atomic E-state index is 11.9. The summed E-state index contributed by atoms with van der Waals surface area (Å²) in [6.07, 6.45) is 4.46. The van der Waals surface area contributed by atoms with E-state index in [1.54, 1.807) is 13.3 Å². The largest absolute Gasteiger partial charge is 0.506 e. The van der Waals surface area contributed by atoms with Crippen LogP contribution in [0.15, 0.2) is 42.9 Å². The molecule has 2 heterocycles. The van der Waals surface area contributed by atoms with Crippen LogP contribution in [0.4, 0.5) is 0 Å². The Kier molecular flexibility index (Phi) is 4.37. The molecule has 3 rings (SSSR count). The second-order valence-electron chi connectivity index (χ2n) is 5.02. The SMILES string of the molecule is COc1ccc(Cc2cn[nH]c2C(O)=CC(=O)c2ncn[nH]2)cc1. The Morgan fingerprint density at radius 3 is 2.71 bits per heavy atom. The fraction of sp³-hybridized carbons (Fsp3) is 0.125. The van der Waals surface area contributed by atoms with Crippen molar-refractivity contribution in [1.29, 1.82) is 0 Å². The van der Waals surface area contributed by atoms with Gasteiger partial charge in [0.1, 0.15) is 23.5 Å². The first kappa shape index (κ1) is 15.5. The van der Waals surface area contributed by atoms with E-state index in [9.17, 15) is 9.90 Å². The molecule has 0 saturated heterocycles. The van der Waals surface area contributed by atoms with Crippen molar-refractivity contribution in [1.82, 2.24) is 25.4 Å². The summed E-state index contributed by atoms with van der Waals surface area (Å²) in [7, 11) is 1.61. The first-order chi connectivity index (χ1) is 11.7. The quantitative estimate of drug-likeness (QED) is 0.362. The smallest absolute Gasteiger partial charge is 0.226 e. The van der Waals surface area contributed by atoms with E-state index < -0.39 is 5.78 Å². The maximum atomic E-state index is 11.9. The molecule has 0 aliphatic carbocycles. The average Bonchev–Trinajstić information content (AvgIpc) is 3.27. The van der Waals surface area contributed by atoms with Crippen LogP contribution >= 0.6 is 0 Å². The van der Waals surface area contributed by atoms with Gasteiger partial charge in [0.25, 0.3) is 0 Å². The molecule has 0 radical (unpaired) electrons. The highest BCUT2D eigenvalue weighted by Gasteiger charge is 2.14. The van der Waals surface area contributed by atoms with Crippen LogP contribution in [0.1, 0.15) is 27.4 Å². The lowest BCUT2D eigenvalue weighted by Crippen LogP contribution is -2.01. The van der Waals surface area contributed by atoms with E-state index in [4.69, 9.17) is 4.74 Å². The van der Waals surface area contributed by atoms with Crippen LogP contribution in [0.5, 0.6) is 5.75 Å². The summed E-state index contributed by atoms with van der Waals surface area (Å²) in [5.41, 5.74) is 2.17. The van der Waals surface area contributed by atoms with Gasteiger partial charge < -0.3 is 9.84 Å². The third-order valence-electron chi connectivity index (χ3n) is 3.44. The molecule has 2 aromatic heterocycles. The number of aliphatic hydroxyl groups is 1. The van der Waals surface area contributed by atoms with Gasteiger partial charge in [-0.25, -0.2) is 4.98 Å². The van der Waals surface area contributed by atoms with Crippen LogP contribution in [-0.2, 0) is 6.42 Å². The molecular weight excluding hydrogens is 310 g/mol. The van der Waals surface area contributed by atoms with Gasteiger partial charge in [0.15, 0.2) is 5.82 Å². The predicted octanol–water partition coefficient (Wildman–Crippen LogP) is 1.91. The fourth-order valence-corrected chi connectivity index (χ4v) is 2.22. The van der Waals surface area contributed by atoms with E-state index in [2.05, 4.69) is 25.4 Å². The first-order valence-electron chi connectivity index (χ1n) is 7.13. The van der Waals surface area contributed by atoms with Gasteiger partial charge in [0.05, 0.1) is 13.3 Å². The number of benzene rings is 1. The highest BCUT2D eigenvalue weighted by Crippen LogP contribution is 2.20. The summed E-state index contributed by atoms with van der Waals surface area (Å²) in [5, 5.41) is 22.9. The van der Waals surface area contributed by atoms with Crippen LogP contribution in [0, 0.1) is 0 Å². The normalized spacial score (nSPS) is 11.5. The number of methoxy groups -OCH3 is 1. The van der Waals surface area contributed by atoms with Crippen molar-refractivity contribution in [3.8, 4) is 5.75 Å². The zero-order valence-electron chi connectivity index (χ0n) is 12.9. The summed E-state index contributed by atoms with van der Waals surface area (Å²) >= 11 is 0. The zero-order chi connectivity index (χ0) is 16.9. The minimum absolute atomic E-state index is 0.0535. The molecule has 0 atom stereocenters. The number of carbonyl (C=O) groups excluding carboxylic acids is 1. The van der Waals surface area contributed by atoms with Gasteiger partial charge in [-0.15, -0.1) is 0 Å². The number of nitrogens with zero attached hydrogens (tertiary/aromatic N) is 3. The van der Waals surface area contributed by atoms with Crippen LogP contribution in [0.2, 0.25) is 0 Å². The van der Waals surface area contributed by atoms with E-state index >= 15 is 0 Å². The van der Waals surface area contributed by atoms with Gasteiger partial charge in [0.2, 0.25) is 5.78 Å². The van der Waals surface area contributed by atoms with Crippen LogP contribution in [-0.4, -0.2) is 43.4 Å². The highest BCUT2D eigenvalue weighted by atomic mass is 16.5. The summed E-state index contributed by atoms with van der Waals surface area (Å²) in [5.74, 6) is 0.136. The monoisotopic (exact) mass is 325 g/mol. The topological polar surface area (TPSA) is 117 Å². The highest BCUT2D eigenvalue weighted by molar-refractivity contribution is 6.05. The molecule has 0 saturated carbocycles. The molecule has 0 fully saturated rings. The summed E-state index contributed by atoms with van der Waals surface area (Å²) in [6, 6.07) is 7.57. The number of allylic oxidation sites excluding steroid dienone is 1. The number of rotatable bonds is 6. The number of nitrogens with one attached hydrogen (secondary N) is 2. The van der Waals surface area contributed by atoms with Crippen molar-refractivity contribution in [2.24, 2.45) is 0 Å². The van der Waals surface area contributed by atoms with Gasteiger partial charge in [-0.05, 0) is 17.7 Å². The van der Waals surface area contributed by atoms with Crippen LogP contribution in [0.25, 0.3) is 5.76 Å². The number of aromatic nitrogens is 5. The number of carbonyl (C=O) groups is 1. The Morgan fingerprint density at radius 2 is 2.04 bits per heavy atom. The summed E-state index contributed by atoms with van der Waals surface area (Å²) < 4.78 is 5.13. The average molecular weight is 325 g/mol. The molecule has 0 bridgehead atoms. The van der Waals surface area contributed by atoms with Gasteiger partial charge in [-0.1, -0.05) is 12.1 Å². The van der Waals surface area contributed by atoms with Crippen molar-refractivity contribution < 1.29 is 14.6 Å². The standard InChI is InChI=1S/C16H15N5O3/c1-24-12-4-2-10(3-5-12)6-11-8-18-20-15(11)13(22)7-14(23)16-17-9-19-21-16/h2-5,7-9,22H,6H2,1H3,(H,18,20)(H,17,19,21). The second-order valence-corrected chi connectivity index (χ2v) is 5.02. The van der Waals surface area contributed by atoms with Crippen LogP contribution in [0.3, 0.4) is 0 Å². The lowest BCUT2D eigenvalue weighted by atomic mass is 10.0. The number of aliphatic hydroxyl groups excluding tert-OH is 1. The molecule has 1 aromatic carbocycles. The lowest BCUT2D eigenvalue weighted by Gasteiger charge is -2.04. The zero-order valence-corrected chi connectivity index (χ0v) is 12.9. The van der Waals surface area contributed by atoms with Gasteiger partial charge in [-0.3, -0.25) is 15.0 Å². The van der Waals surface area contributed by atoms with Crippen molar-refractivity contribution in [2.45, 2.75) is 6.42 Å². The lowest BCUT2D eigenvalue weighted by molar-refractivity contribution is 0.103. The molecule has 0 aliphatic rings. The Bertz CT molecular complexity index is 850. The number of hydrogen-bond donors (Lipinski definition) is 3. The molecule has 0 spiro atoms. The van der Waals surface area contributed by atoms with Crippen molar-refractivity contribution in [2.75, 3.05) is 7.11 Å². The third-order valence-corrected chi connectivity index (χ3v) is 3.44. The van der Waals surface area contributed by atoms with Gasteiger partial charge in [0, 0.05) is 18.1 Å². The Labute approximate surface area is 137 Å². The Balaban J connectivity index is 1.80. The van der Waals surface area contributed by atoms with E-state index in [-0.39, 0.29) is 11.6 Å². The third kappa shape index (κ3) is 3.32. The molecular formula is C16H15N5O3. The number of aromatic amines is 2. The van der Waals surface area contributed by atoms with E-state index in [1.165, 1.54) is 6.33 Å². The molecule has 8 nitrogen and oxygen atoms in total. The van der Waals surface area contributed by atoms with E-state index in [0.717, 1.165) is 23.0 Å². The van der Waals surface area contributed by atoms with Crippen molar-refractivity contribution >= 4 is 11.5 Å². The molecule has 0 unspecified atom stereocenters. The minimum atomic E-state index is -0.477. The fourth-order valence-electron chi connectivity index (χ4n) is 2.22. The molecule has 24 heavy (non-hydrogen) atoms. The predicted molar refractivity (Wildman–Crippen MR) is 85.7 cm³/mol. The minimum Gasteiger partial charge on any atom is -0.506 e. The maximum Gasteiger partial charge on any atom is 0.226 e. The first-order valence-corrected chi connectivity index (χ1v) is 7.13. The van der Waals surface area contributed by atoms with E-state index in [0.29, 0.717) is 12.1 Å². The Morgan fingerprint density at radius 1 is 1.25 bits per heavy atom.